The number of carboxylic acid groups (broad SMARTS) is 1. The lowest BCUT2D eigenvalue weighted by atomic mass is 10.1. The summed E-state index contributed by atoms with van der Waals surface area (Å²) in [6.45, 7) is 0.607. The van der Waals surface area contributed by atoms with E-state index in [0.29, 0.717) is 17.7 Å². The van der Waals surface area contributed by atoms with Gasteiger partial charge in [0.1, 0.15) is 0 Å². The predicted octanol–water partition coefficient (Wildman–Crippen LogP) is 0.484. The summed E-state index contributed by atoms with van der Waals surface area (Å²) in [6, 6.07) is 8.21. The van der Waals surface area contributed by atoms with Crippen molar-refractivity contribution < 1.29 is 19.4 Å². The fourth-order valence-corrected chi connectivity index (χ4v) is 1.85. The molecule has 1 N–H and O–H groups in total. The van der Waals surface area contributed by atoms with Gasteiger partial charge in [-0.25, -0.2) is 4.79 Å². The molecule has 0 radical (unpaired) electrons. The van der Waals surface area contributed by atoms with E-state index in [9.17, 15) is 9.59 Å². The summed E-state index contributed by atoms with van der Waals surface area (Å²) in [5.41, 5.74) is 0.909. The minimum absolute atomic E-state index is 0.0359. The summed E-state index contributed by atoms with van der Waals surface area (Å²) in [6.07, 6.45) is -0.976. The molecular weight excluding hydrogens is 248 g/mol. The number of hydrogen-bond donors (Lipinski definition) is 1. The van der Waals surface area contributed by atoms with Crippen LogP contribution >= 0.6 is 0 Å². The molecule has 1 fully saturated rings. The predicted molar refractivity (Wildman–Crippen MR) is 64.4 cm³/mol. The zero-order valence-corrected chi connectivity index (χ0v) is 10.1. The second-order valence-corrected chi connectivity index (χ2v) is 4.14. The van der Waals surface area contributed by atoms with Crippen LogP contribution in [0.15, 0.2) is 24.3 Å². The van der Waals surface area contributed by atoms with Crippen molar-refractivity contribution in [1.82, 2.24) is 4.90 Å². The molecule has 0 bridgehead atoms. The van der Waals surface area contributed by atoms with Gasteiger partial charge < -0.3 is 14.7 Å². The Morgan fingerprint density at radius 3 is 2.63 bits per heavy atom. The molecular formula is C13H12N2O4. The van der Waals surface area contributed by atoms with Gasteiger partial charge in [0, 0.05) is 12.1 Å². The van der Waals surface area contributed by atoms with E-state index in [0.717, 1.165) is 0 Å². The first kappa shape index (κ1) is 13.1. The van der Waals surface area contributed by atoms with Crippen LogP contribution in [0, 0.1) is 11.3 Å². The zero-order chi connectivity index (χ0) is 13.8. The molecule has 6 heteroatoms. The van der Waals surface area contributed by atoms with Crippen LogP contribution in [0.5, 0.6) is 0 Å². The highest BCUT2D eigenvalue weighted by Crippen LogP contribution is 2.12. The van der Waals surface area contributed by atoms with Gasteiger partial charge in [0.2, 0.25) is 0 Å². The van der Waals surface area contributed by atoms with Gasteiger partial charge in [0.05, 0.1) is 24.8 Å². The smallest absolute Gasteiger partial charge is 0.334 e. The van der Waals surface area contributed by atoms with E-state index >= 15 is 0 Å². The lowest BCUT2D eigenvalue weighted by Crippen LogP contribution is -2.48. The maximum Gasteiger partial charge on any atom is 0.334 e. The van der Waals surface area contributed by atoms with Crippen molar-refractivity contribution in [1.29, 1.82) is 5.26 Å². The van der Waals surface area contributed by atoms with Crippen LogP contribution in [-0.4, -0.2) is 47.7 Å². The maximum absolute atomic E-state index is 12.2. The van der Waals surface area contributed by atoms with Gasteiger partial charge in [-0.1, -0.05) is 0 Å². The monoisotopic (exact) mass is 260 g/mol. The molecule has 1 atom stereocenters. The van der Waals surface area contributed by atoms with Gasteiger partial charge in [-0.2, -0.15) is 5.26 Å². The molecule has 1 aliphatic rings. The van der Waals surface area contributed by atoms with E-state index in [2.05, 4.69) is 0 Å². The number of carboxylic acids is 1. The number of carbonyl (C=O) groups excluding carboxylic acids is 1. The number of nitrogens with zero attached hydrogens (tertiary/aromatic N) is 2. The number of hydrogen-bond acceptors (Lipinski definition) is 4. The number of aliphatic carboxylic acids is 1. The summed E-state index contributed by atoms with van der Waals surface area (Å²) in [7, 11) is 0. The fraction of sp³-hybridized carbons (Fsp3) is 0.308. The normalized spacial score (nSPS) is 18.7. The summed E-state index contributed by atoms with van der Waals surface area (Å²) in [5, 5.41) is 17.6. The van der Waals surface area contributed by atoms with Gasteiger partial charge in [-0.15, -0.1) is 0 Å². The van der Waals surface area contributed by atoms with Crippen molar-refractivity contribution in [2.45, 2.75) is 6.10 Å². The van der Waals surface area contributed by atoms with Crippen LogP contribution in [0.3, 0.4) is 0 Å². The third-order valence-electron chi connectivity index (χ3n) is 2.89. The molecule has 1 aliphatic heterocycles. The quantitative estimate of drug-likeness (QED) is 0.835. The van der Waals surface area contributed by atoms with Crippen LogP contribution in [0.4, 0.5) is 0 Å². The number of ether oxygens (including phenoxy) is 1. The van der Waals surface area contributed by atoms with Crippen LogP contribution in [0.1, 0.15) is 15.9 Å². The van der Waals surface area contributed by atoms with Crippen LogP contribution < -0.4 is 0 Å². The second-order valence-electron chi connectivity index (χ2n) is 4.14. The number of nitriles is 1. The fourth-order valence-electron chi connectivity index (χ4n) is 1.85. The number of benzene rings is 1. The number of amides is 1. The van der Waals surface area contributed by atoms with Crippen molar-refractivity contribution in [2.75, 3.05) is 19.7 Å². The van der Waals surface area contributed by atoms with Crippen LogP contribution in [0.2, 0.25) is 0 Å². The number of carbonyl (C=O) groups is 2. The van der Waals surface area contributed by atoms with Crippen molar-refractivity contribution in [3.8, 4) is 6.07 Å². The van der Waals surface area contributed by atoms with Gasteiger partial charge in [-0.3, -0.25) is 4.79 Å². The Labute approximate surface area is 109 Å². The standard InChI is InChI=1S/C13H12N2O4/c14-7-9-1-3-10(4-2-9)12(16)15-5-6-19-11(8-15)13(17)18/h1-4,11H,5-6,8H2,(H,17,18). The molecule has 1 unspecified atom stereocenters. The molecule has 2 rings (SSSR count). The Kier molecular flexibility index (Phi) is 3.78. The molecule has 98 valence electrons. The second kappa shape index (κ2) is 5.50. The maximum atomic E-state index is 12.2. The SMILES string of the molecule is N#Cc1ccc(C(=O)N2CCOC(C(=O)O)C2)cc1. The van der Waals surface area contributed by atoms with Crippen molar-refractivity contribution in [2.24, 2.45) is 0 Å². The molecule has 6 nitrogen and oxygen atoms in total. The van der Waals surface area contributed by atoms with Crippen molar-refractivity contribution in [3.63, 3.8) is 0 Å². The Morgan fingerprint density at radius 1 is 1.37 bits per heavy atom. The number of morpholine rings is 1. The molecule has 0 aliphatic carbocycles. The highest BCUT2D eigenvalue weighted by atomic mass is 16.5. The molecule has 1 heterocycles. The van der Waals surface area contributed by atoms with E-state index in [1.165, 1.54) is 4.90 Å². The van der Waals surface area contributed by atoms with E-state index in [4.69, 9.17) is 15.1 Å². The summed E-state index contributed by atoms with van der Waals surface area (Å²) in [4.78, 5) is 24.5. The van der Waals surface area contributed by atoms with Gasteiger partial charge >= 0.3 is 5.97 Å². The van der Waals surface area contributed by atoms with E-state index in [1.807, 2.05) is 6.07 Å². The highest BCUT2D eigenvalue weighted by Gasteiger charge is 2.29. The van der Waals surface area contributed by atoms with Gasteiger partial charge in [0.15, 0.2) is 6.10 Å². The molecule has 1 saturated heterocycles. The van der Waals surface area contributed by atoms with Crippen molar-refractivity contribution >= 4 is 11.9 Å². The van der Waals surface area contributed by atoms with E-state index in [1.54, 1.807) is 24.3 Å². The van der Waals surface area contributed by atoms with E-state index < -0.39 is 12.1 Å². The Morgan fingerprint density at radius 2 is 2.05 bits per heavy atom. The largest absolute Gasteiger partial charge is 0.479 e. The minimum Gasteiger partial charge on any atom is -0.479 e. The Hall–Kier alpha value is -2.39. The summed E-state index contributed by atoms with van der Waals surface area (Å²) >= 11 is 0. The molecule has 0 spiro atoms. The van der Waals surface area contributed by atoms with Crippen LogP contribution in [-0.2, 0) is 9.53 Å². The first-order valence-corrected chi connectivity index (χ1v) is 5.75. The molecule has 1 aromatic rings. The highest BCUT2D eigenvalue weighted by molar-refractivity contribution is 5.94. The molecule has 19 heavy (non-hydrogen) atoms. The van der Waals surface area contributed by atoms with Gasteiger partial charge in [-0.05, 0) is 24.3 Å². The average Bonchev–Trinajstić information content (AvgIpc) is 2.46. The summed E-state index contributed by atoms with van der Waals surface area (Å²) in [5.74, 6) is -1.32. The molecule has 0 saturated carbocycles. The minimum atomic E-state index is -1.07. The van der Waals surface area contributed by atoms with Crippen molar-refractivity contribution in [3.05, 3.63) is 35.4 Å². The zero-order valence-electron chi connectivity index (χ0n) is 10.1. The number of rotatable bonds is 2. The lowest BCUT2D eigenvalue weighted by Gasteiger charge is -2.30. The Bertz CT molecular complexity index is 533. The lowest BCUT2D eigenvalue weighted by molar-refractivity contribution is -0.154. The Balaban J connectivity index is 2.10. The first-order valence-electron chi connectivity index (χ1n) is 5.75. The topological polar surface area (TPSA) is 90.6 Å². The molecule has 1 aromatic carbocycles. The molecule has 0 aromatic heterocycles. The van der Waals surface area contributed by atoms with Crippen LogP contribution in [0.25, 0.3) is 0 Å². The van der Waals surface area contributed by atoms with E-state index in [-0.39, 0.29) is 19.1 Å². The molecule has 1 amide bonds. The average molecular weight is 260 g/mol. The summed E-state index contributed by atoms with van der Waals surface area (Å²) < 4.78 is 5.06. The third kappa shape index (κ3) is 2.89. The van der Waals surface area contributed by atoms with Gasteiger partial charge in [0.25, 0.3) is 5.91 Å². The first-order chi connectivity index (χ1) is 9.11. The third-order valence-corrected chi connectivity index (χ3v) is 2.89.